The second kappa shape index (κ2) is 5.54. The SMILES string of the molecule is O=C(O)c1cc(F)c(Sc2ccccc2)cc1Br. The van der Waals surface area contributed by atoms with Gasteiger partial charge in [0.15, 0.2) is 0 Å². The van der Waals surface area contributed by atoms with E-state index in [4.69, 9.17) is 5.11 Å². The van der Waals surface area contributed by atoms with Crippen LogP contribution in [0, 0.1) is 5.82 Å². The lowest BCUT2D eigenvalue weighted by atomic mass is 10.2. The van der Waals surface area contributed by atoms with Crippen LogP contribution in [0.2, 0.25) is 0 Å². The molecule has 2 aromatic rings. The maximum absolute atomic E-state index is 13.8. The number of carboxylic acid groups (broad SMARTS) is 1. The van der Waals surface area contributed by atoms with Gasteiger partial charge in [-0.15, -0.1) is 0 Å². The van der Waals surface area contributed by atoms with Crippen molar-refractivity contribution in [3.8, 4) is 0 Å². The average Bonchev–Trinajstić information content (AvgIpc) is 2.34. The van der Waals surface area contributed by atoms with E-state index in [1.165, 1.54) is 17.8 Å². The van der Waals surface area contributed by atoms with Crippen LogP contribution < -0.4 is 0 Å². The van der Waals surface area contributed by atoms with E-state index in [-0.39, 0.29) is 5.56 Å². The van der Waals surface area contributed by atoms with Crippen molar-refractivity contribution in [1.29, 1.82) is 0 Å². The second-order valence-corrected chi connectivity index (χ2v) is 5.45. The van der Waals surface area contributed by atoms with Gasteiger partial charge in [-0.05, 0) is 40.2 Å². The molecule has 5 heteroatoms. The van der Waals surface area contributed by atoms with Crippen molar-refractivity contribution in [2.24, 2.45) is 0 Å². The Morgan fingerprint density at radius 1 is 1.22 bits per heavy atom. The topological polar surface area (TPSA) is 37.3 Å². The van der Waals surface area contributed by atoms with E-state index in [1.807, 2.05) is 30.3 Å². The van der Waals surface area contributed by atoms with Gasteiger partial charge in [0, 0.05) is 14.3 Å². The second-order valence-electron chi connectivity index (χ2n) is 3.48. The molecule has 0 saturated heterocycles. The number of aromatic carboxylic acids is 1. The fraction of sp³-hybridized carbons (Fsp3) is 0. The summed E-state index contributed by atoms with van der Waals surface area (Å²) in [4.78, 5) is 12.1. The molecule has 0 bridgehead atoms. The van der Waals surface area contributed by atoms with Crippen LogP contribution in [0.15, 0.2) is 56.7 Å². The van der Waals surface area contributed by atoms with E-state index in [0.717, 1.165) is 11.0 Å². The Morgan fingerprint density at radius 3 is 2.50 bits per heavy atom. The Morgan fingerprint density at radius 2 is 1.89 bits per heavy atom. The molecule has 0 fully saturated rings. The Kier molecular flexibility index (Phi) is 4.04. The van der Waals surface area contributed by atoms with Gasteiger partial charge in [-0.25, -0.2) is 9.18 Å². The highest BCUT2D eigenvalue weighted by Gasteiger charge is 2.14. The fourth-order valence-corrected chi connectivity index (χ4v) is 2.93. The van der Waals surface area contributed by atoms with Crippen molar-refractivity contribution in [2.75, 3.05) is 0 Å². The van der Waals surface area contributed by atoms with Crippen molar-refractivity contribution < 1.29 is 14.3 Å². The molecule has 1 N–H and O–H groups in total. The summed E-state index contributed by atoms with van der Waals surface area (Å²) in [7, 11) is 0. The first kappa shape index (κ1) is 13.1. The lowest BCUT2D eigenvalue weighted by Gasteiger charge is -2.06. The first-order valence-electron chi connectivity index (χ1n) is 5.03. The highest BCUT2D eigenvalue weighted by molar-refractivity contribution is 9.10. The summed E-state index contributed by atoms with van der Waals surface area (Å²) in [5.74, 6) is -1.69. The number of benzene rings is 2. The summed E-state index contributed by atoms with van der Waals surface area (Å²) in [5.41, 5.74) is -0.0788. The van der Waals surface area contributed by atoms with Crippen LogP contribution in [0.3, 0.4) is 0 Å². The van der Waals surface area contributed by atoms with Gasteiger partial charge in [0.2, 0.25) is 0 Å². The van der Waals surface area contributed by atoms with Crippen molar-refractivity contribution in [3.05, 3.63) is 58.3 Å². The zero-order valence-corrected chi connectivity index (χ0v) is 11.5. The summed E-state index contributed by atoms with van der Waals surface area (Å²) >= 11 is 4.39. The Labute approximate surface area is 116 Å². The highest BCUT2D eigenvalue weighted by Crippen LogP contribution is 2.33. The standard InChI is InChI=1S/C13H8BrFO2S/c14-10-7-12(11(15)6-9(10)13(16)17)18-8-4-2-1-3-5-8/h1-7H,(H,16,17). The van der Waals surface area contributed by atoms with E-state index >= 15 is 0 Å². The minimum Gasteiger partial charge on any atom is -0.478 e. The van der Waals surface area contributed by atoms with Crippen LogP contribution in [0.5, 0.6) is 0 Å². The van der Waals surface area contributed by atoms with Crippen LogP contribution in [-0.4, -0.2) is 11.1 Å². The molecule has 2 aromatic carbocycles. The number of halogens is 2. The fourth-order valence-electron chi connectivity index (χ4n) is 1.39. The highest BCUT2D eigenvalue weighted by atomic mass is 79.9. The molecule has 0 unspecified atom stereocenters. The molecule has 2 nitrogen and oxygen atoms in total. The van der Waals surface area contributed by atoms with Crippen LogP contribution in [0.1, 0.15) is 10.4 Å². The van der Waals surface area contributed by atoms with Crippen LogP contribution in [-0.2, 0) is 0 Å². The van der Waals surface area contributed by atoms with Crippen molar-refractivity contribution >= 4 is 33.7 Å². The maximum atomic E-state index is 13.8. The Hall–Kier alpha value is -1.33. The lowest BCUT2D eigenvalue weighted by Crippen LogP contribution is -1.99. The quantitative estimate of drug-likeness (QED) is 0.906. The van der Waals surface area contributed by atoms with E-state index in [9.17, 15) is 9.18 Å². The van der Waals surface area contributed by atoms with Crippen LogP contribution in [0.4, 0.5) is 4.39 Å². The third-order valence-electron chi connectivity index (χ3n) is 2.22. The van der Waals surface area contributed by atoms with E-state index in [1.54, 1.807) is 0 Å². The molecule has 0 aromatic heterocycles. The molecule has 0 aliphatic carbocycles. The molecule has 0 aliphatic heterocycles. The minimum absolute atomic E-state index is 0.0788. The van der Waals surface area contributed by atoms with Gasteiger partial charge in [0.05, 0.1) is 5.56 Å². The molecule has 0 atom stereocenters. The van der Waals surface area contributed by atoms with Gasteiger partial charge in [-0.1, -0.05) is 30.0 Å². The summed E-state index contributed by atoms with van der Waals surface area (Å²) in [5, 5.41) is 8.87. The smallest absolute Gasteiger partial charge is 0.336 e. The van der Waals surface area contributed by atoms with E-state index < -0.39 is 11.8 Å². The van der Waals surface area contributed by atoms with Crippen LogP contribution >= 0.6 is 27.7 Å². The van der Waals surface area contributed by atoms with Gasteiger partial charge < -0.3 is 5.11 Å². The third kappa shape index (κ3) is 2.91. The molecule has 0 radical (unpaired) electrons. The van der Waals surface area contributed by atoms with Gasteiger partial charge >= 0.3 is 5.97 Å². The molecule has 18 heavy (non-hydrogen) atoms. The largest absolute Gasteiger partial charge is 0.478 e. The first-order chi connectivity index (χ1) is 8.58. The monoisotopic (exact) mass is 326 g/mol. The van der Waals surface area contributed by atoms with E-state index in [2.05, 4.69) is 15.9 Å². The summed E-state index contributed by atoms with van der Waals surface area (Å²) < 4.78 is 14.1. The molecule has 92 valence electrons. The van der Waals surface area contributed by atoms with Crippen molar-refractivity contribution in [3.63, 3.8) is 0 Å². The van der Waals surface area contributed by atoms with Crippen molar-refractivity contribution in [2.45, 2.75) is 9.79 Å². The molecule has 0 heterocycles. The summed E-state index contributed by atoms with van der Waals surface area (Å²) in [6.07, 6.45) is 0. The minimum atomic E-state index is -1.16. The van der Waals surface area contributed by atoms with Gasteiger partial charge in [0.25, 0.3) is 0 Å². The lowest BCUT2D eigenvalue weighted by molar-refractivity contribution is 0.0695. The normalized spacial score (nSPS) is 10.3. The van der Waals surface area contributed by atoms with Gasteiger partial charge in [-0.2, -0.15) is 0 Å². The number of rotatable bonds is 3. The predicted octanol–water partition coefficient (Wildman–Crippen LogP) is 4.44. The number of hydrogen-bond donors (Lipinski definition) is 1. The number of hydrogen-bond acceptors (Lipinski definition) is 2. The first-order valence-corrected chi connectivity index (χ1v) is 6.64. The zero-order chi connectivity index (χ0) is 13.1. The molecule has 0 amide bonds. The average molecular weight is 327 g/mol. The molecule has 0 spiro atoms. The molecular weight excluding hydrogens is 319 g/mol. The molecule has 0 aliphatic rings. The molecular formula is C13H8BrFO2S. The Balaban J connectivity index is 2.35. The maximum Gasteiger partial charge on any atom is 0.336 e. The Bertz CT molecular complexity index is 587. The number of carboxylic acids is 1. The van der Waals surface area contributed by atoms with Crippen LogP contribution in [0.25, 0.3) is 0 Å². The molecule has 0 saturated carbocycles. The zero-order valence-electron chi connectivity index (χ0n) is 9.06. The van der Waals surface area contributed by atoms with E-state index in [0.29, 0.717) is 9.37 Å². The van der Waals surface area contributed by atoms with Crippen molar-refractivity contribution in [1.82, 2.24) is 0 Å². The summed E-state index contributed by atoms with van der Waals surface area (Å²) in [6.45, 7) is 0. The summed E-state index contributed by atoms with van der Waals surface area (Å²) in [6, 6.07) is 11.8. The van der Waals surface area contributed by atoms with Gasteiger partial charge in [0.1, 0.15) is 5.82 Å². The predicted molar refractivity (Wildman–Crippen MR) is 71.6 cm³/mol. The molecule has 2 rings (SSSR count). The number of carbonyl (C=O) groups is 1. The van der Waals surface area contributed by atoms with Gasteiger partial charge in [-0.3, -0.25) is 0 Å². The third-order valence-corrected chi connectivity index (χ3v) is 3.92.